The molecular formula is C40H56O7. The minimum absolute atomic E-state index is 0.173. The summed E-state index contributed by atoms with van der Waals surface area (Å²) in [5.74, 6) is 0.288. The summed E-state index contributed by atoms with van der Waals surface area (Å²) in [5.41, 5.74) is 1.78. The van der Waals surface area contributed by atoms with E-state index in [1.165, 1.54) is 69.4 Å². The van der Waals surface area contributed by atoms with E-state index in [1.807, 2.05) is 36.4 Å². The fourth-order valence-electron chi connectivity index (χ4n) is 5.87. The van der Waals surface area contributed by atoms with Crippen molar-refractivity contribution in [2.24, 2.45) is 5.92 Å². The summed E-state index contributed by atoms with van der Waals surface area (Å²) in [6.07, 6.45) is 19.8. The first-order valence-electron chi connectivity index (χ1n) is 18.0. The lowest BCUT2D eigenvalue weighted by Gasteiger charge is -2.27. The number of aryl methyl sites for hydroxylation is 1. The zero-order valence-electron chi connectivity index (χ0n) is 28.6. The number of ether oxygens (including phenoxy) is 4. The van der Waals surface area contributed by atoms with Crippen LogP contribution >= 0.6 is 0 Å². The van der Waals surface area contributed by atoms with Gasteiger partial charge in [0.25, 0.3) is 0 Å². The number of esters is 3. The Hall–Kier alpha value is -3.61. The van der Waals surface area contributed by atoms with Crippen molar-refractivity contribution in [3.8, 4) is 11.5 Å². The highest BCUT2D eigenvalue weighted by Gasteiger charge is 2.30. The molecule has 0 unspecified atom stereocenters. The van der Waals surface area contributed by atoms with Crippen molar-refractivity contribution in [3.63, 3.8) is 0 Å². The third kappa shape index (κ3) is 15.7. The van der Waals surface area contributed by atoms with Crippen molar-refractivity contribution in [1.82, 2.24) is 0 Å². The molecule has 0 atom stereocenters. The zero-order chi connectivity index (χ0) is 33.5. The number of hydrogen-bond donors (Lipinski definition) is 0. The highest BCUT2D eigenvalue weighted by molar-refractivity contribution is 5.89. The molecule has 2 aromatic carbocycles. The molecule has 2 aromatic rings. The van der Waals surface area contributed by atoms with Gasteiger partial charge < -0.3 is 18.9 Å². The largest absolute Gasteiger partial charge is 0.494 e. The molecule has 1 saturated carbocycles. The van der Waals surface area contributed by atoms with E-state index in [-0.39, 0.29) is 29.9 Å². The molecule has 47 heavy (non-hydrogen) atoms. The Bertz CT molecular complexity index is 1180. The van der Waals surface area contributed by atoms with Gasteiger partial charge in [-0.1, -0.05) is 89.8 Å². The molecule has 258 valence electrons. The van der Waals surface area contributed by atoms with Crippen molar-refractivity contribution >= 4 is 17.9 Å². The highest BCUT2D eigenvalue weighted by Crippen LogP contribution is 2.29. The van der Waals surface area contributed by atoms with Gasteiger partial charge in [-0.05, 0) is 93.3 Å². The van der Waals surface area contributed by atoms with Crippen LogP contribution in [0.15, 0.2) is 61.2 Å². The number of rotatable bonds is 23. The summed E-state index contributed by atoms with van der Waals surface area (Å²) < 4.78 is 22.3. The molecule has 0 amide bonds. The minimum Gasteiger partial charge on any atom is -0.494 e. The second kappa shape index (κ2) is 22.8. The summed E-state index contributed by atoms with van der Waals surface area (Å²) >= 11 is 0. The van der Waals surface area contributed by atoms with Crippen LogP contribution < -0.4 is 9.47 Å². The van der Waals surface area contributed by atoms with Crippen LogP contribution in [-0.2, 0) is 25.5 Å². The summed E-state index contributed by atoms with van der Waals surface area (Å²) in [6, 6.07) is 15.0. The first-order chi connectivity index (χ1) is 23.0. The summed E-state index contributed by atoms with van der Waals surface area (Å²) in [6.45, 7) is 6.74. The van der Waals surface area contributed by atoms with Crippen LogP contribution in [0.25, 0.3) is 0 Å². The van der Waals surface area contributed by atoms with Crippen molar-refractivity contribution in [2.45, 2.75) is 129 Å². The van der Waals surface area contributed by atoms with Gasteiger partial charge in [0.1, 0.15) is 17.6 Å². The van der Waals surface area contributed by atoms with Gasteiger partial charge in [-0.2, -0.15) is 0 Å². The Morgan fingerprint density at radius 3 is 1.89 bits per heavy atom. The average Bonchev–Trinajstić information content (AvgIpc) is 3.09. The van der Waals surface area contributed by atoms with E-state index in [1.54, 1.807) is 12.1 Å². The third-order valence-electron chi connectivity index (χ3n) is 8.80. The SMILES string of the molecule is C=CC(=O)OCCCCCCCCCCCOc1ccc(C(=O)OC2CCC(C(=O)Oc3ccc(CCCCCC)cc3)CC2)cc1. The van der Waals surface area contributed by atoms with Gasteiger partial charge in [0.05, 0.1) is 24.7 Å². The van der Waals surface area contributed by atoms with Crippen LogP contribution in [0.3, 0.4) is 0 Å². The molecular weight excluding hydrogens is 592 g/mol. The van der Waals surface area contributed by atoms with E-state index < -0.39 is 0 Å². The molecule has 1 aliphatic carbocycles. The predicted octanol–water partition coefficient (Wildman–Crippen LogP) is 9.75. The maximum atomic E-state index is 12.7. The van der Waals surface area contributed by atoms with Crippen LogP contribution in [0.4, 0.5) is 0 Å². The second-order valence-electron chi connectivity index (χ2n) is 12.7. The van der Waals surface area contributed by atoms with Crippen LogP contribution in [0, 0.1) is 5.92 Å². The Kier molecular flexibility index (Phi) is 18.4. The molecule has 1 fully saturated rings. The molecule has 7 heteroatoms. The standard InChI is InChI=1S/C40H56O7/c1-3-5-6-14-17-32-18-24-36(25-19-32)46-40(43)34-22-28-37(29-23-34)47-39(42)33-20-26-35(27-21-33)44-30-15-12-10-8-7-9-11-13-16-31-45-38(41)4-2/h4,18-21,24-27,34,37H,2-3,5-17,22-23,28-31H2,1H3. The number of hydrogen-bond acceptors (Lipinski definition) is 7. The maximum absolute atomic E-state index is 12.7. The topological polar surface area (TPSA) is 88.1 Å². The van der Waals surface area contributed by atoms with E-state index in [0.29, 0.717) is 50.2 Å². The molecule has 7 nitrogen and oxygen atoms in total. The quantitative estimate of drug-likeness (QED) is 0.0513. The molecule has 0 bridgehead atoms. The Labute approximate surface area is 282 Å². The van der Waals surface area contributed by atoms with Crippen molar-refractivity contribution < 1.29 is 33.3 Å². The molecule has 0 N–H and O–H groups in total. The van der Waals surface area contributed by atoms with Crippen molar-refractivity contribution in [1.29, 1.82) is 0 Å². The number of carbonyl (C=O) groups excluding carboxylic acids is 3. The van der Waals surface area contributed by atoms with Crippen LogP contribution in [0.5, 0.6) is 11.5 Å². The van der Waals surface area contributed by atoms with E-state index in [4.69, 9.17) is 18.9 Å². The van der Waals surface area contributed by atoms with E-state index >= 15 is 0 Å². The third-order valence-corrected chi connectivity index (χ3v) is 8.80. The fraction of sp³-hybridized carbons (Fsp3) is 0.575. The summed E-state index contributed by atoms with van der Waals surface area (Å²) in [5, 5.41) is 0. The number of carbonyl (C=O) groups is 3. The van der Waals surface area contributed by atoms with Gasteiger partial charge >= 0.3 is 17.9 Å². The lowest BCUT2D eigenvalue weighted by Crippen LogP contribution is -2.30. The second-order valence-corrected chi connectivity index (χ2v) is 12.7. The van der Waals surface area contributed by atoms with Gasteiger partial charge in [0.2, 0.25) is 0 Å². The summed E-state index contributed by atoms with van der Waals surface area (Å²) in [7, 11) is 0. The Balaban J connectivity index is 1.21. The maximum Gasteiger partial charge on any atom is 0.338 e. The Morgan fingerprint density at radius 2 is 1.28 bits per heavy atom. The van der Waals surface area contributed by atoms with Crippen LogP contribution in [0.1, 0.15) is 132 Å². The molecule has 3 rings (SSSR count). The molecule has 0 radical (unpaired) electrons. The van der Waals surface area contributed by atoms with Gasteiger partial charge in [0, 0.05) is 6.08 Å². The van der Waals surface area contributed by atoms with Gasteiger partial charge in [0.15, 0.2) is 0 Å². The lowest BCUT2D eigenvalue weighted by molar-refractivity contribution is -0.140. The monoisotopic (exact) mass is 648 g/mol. The Morgan fingerprint density at radius 1 is 0.702 bits per heavy atom. The molecule has 0 saturated heterocycles. The first-order valence-corrected chi connectivity index (χ1v) is 18.0. The molecule has 0 aromatic heterocycles. The fourth-order valence-corrected chi connectivity index (χ4v) is 5.87. The predicted molar refractivity (Wildman–Crippen MR) is 186 cm³/mol. The van der Waals surface area contributed by atoms with Crippen molar-refractivity contribution in [3.05, 3.63) is 72.3 Å². The molecule has 1 aliphatic rings. The van der Waals surface area contributed by atoms with Gasteiger partial charge in [-0.3, -0.25) is 4.79 Å². The smallest absolute Gasteiger partial charge is 0.338 e. The van der Waals surface area contributed by atoms with E-state index in [2.05, 4.69) is 13.5 Å². The molecule has 0 heterocycles. The van der Waals surface area contributed by atoms with Gasteiger partial charge in [-0.25, -0.2) is 9.59 Å². The first kappa shape index (κ1) is 37.8. The van der Waals surface area contributed by atoms with E-state index in [9.17, 15) is 14.4 Å². The zero-order valence-corrected chi connectivity index (χ0v) is 28.6. The average molecular weight is 649 g/mol. The number of benzene rings is 2. The summed E-state index contributed by atoms with van der Waals surface area (Å²) in [4.78, 5) is 36.5. The lowest BCUT2D eigenvalue weighted by atomic mass is 9.87. The van der Waals surface area contributed by atoms with E-state index in [0.717, 1.165) is 37.9 Å². The molecule has 0 aliphatic heterocycles. The van der Waals surface area contributed by atoms with Crippen LogP contribution in [-0.4, -0.2) is 37.2 Å². The van der Waals surface area contributed by atoms with Crippen molar-refractivity contribution in [2.75, 3.05) is 13.2 Å². The normalized spacial score (nSPS) is 15.9. The van der Waals surface area contributed by atoms with Crippen LogP contribution in [0.2, 0.25) is 0 Å². The minimum atomic E-state index is -0.344. The number of unbranched alkanes of at least 4 members (excludes halogenated alkanes) is 11. The highest BCUT2D eigenvalue weighted by atomic mass is 16.5. The van der Waals surface area contributed by atoms with Gasteiger partial charge in [-0.15, -0.1) is 0 Å². The molecule has 0 spiro atoms.